The van der Waals surface area contributed by atoms with E-state index in [4.69, 9.17) is 9.47 Å². The number of rotatable bonds is 33. The summed E-state index contributed by atoms with van der Waals surface area (Å²) in [5.74, 6) is -0.214. The summed E-state index contributed by atoms with van der Waals surface area (Å²) in [6.45, 7) is 5.31. The van der Waals surface area contributed by atoms with E-state index in [1.165, 1.54) is 109 Å². The number of carbonyl (C=O) groups is 1. The van der Waals surface area contributed by atoms with Gasteiger partial charge in [-0.15, -0.1) is 0 Å². The highest BCUT2D eigenvalue weighted by molar-refractivity contribution is 5.69. The first kappa shape index (κ1) is 40.6. The van der Waals surface area contributed by atoms with E-state index < -0.39 is 6.10 Å². The first-order valence-electron chi connectivity index (χ1n) is 18.1. The zero-order valence-corrected chi connectivity index (χ0v) is 28.0. The fraction of sp³-hybridized carbons (Fsp3) is 0.816. The van der Waals surface area contributed by atoms with E-state index in [0.29, 0.717) is 19.6 Å². The smallest absolute Gasteiger partial charge is 0.306 e. The summed E-state index contributed by atoms with van der Waals surface area (Å²) >= 11 is 0. The number of esters is 1. The molecule has 0 aromatic rings. The molecule has 0 aromatic carbocycles. The summed E-state index contributed by atoms with van der Waals surface area (Å²) in [5.41, 5.74) is 0. The standard InChI is InChI=1S/C38H70O4/c1-3-5-7-9-11-13-14-15-16-17-18-19-20-21-22-23-24-25-27-29-31-33-38(40)42-37(35-39)36-41-34-32-30-28-26-12-10-8-6-4-2/h14-15,17-18,20-21,37,39H,3-13,16,19,22-36H2,1-2H3/b15-14-,18-17-,21-20-. The third kappa shape index (κ3) is 33.1. The minimum Gasteiger partial charge on any atom is -0.457 e. The van der Waals surface area contributed by atoms with Crippen molar-refractivity contribution in [2.75, 3.05) is 19.8 Å². The molecule has 1 atom stereocenters. The Balaban J connectivity index is 3.49. The van der Waals surface area contributed by atoms with Gasteiger partial charge in [0.1, 0.15) is 6.10 Å². The van der Waals surface area contributed by atoms with Gasteiger partial charge in [-0.1, -0.05) is 153 Å². The number of aliphatic hydroxyl groups is 1. The van der Waals surface area contributed by atoms with Crippen LogP contribution >= 0.6 is 0 Å². The van der Waals surface area contributed by atoms with Crippen molar-refractivity contribution >= 4 is 5.97 Å². The summed E-state index contributed by atoms with van der Waals surface area (Å²) in [6.07, 6.45) is 43.2. The molecule has 0 aliphatic rings. The first-order chi connectivity index (χ1) is 20.7. The van der Waals surface area contributed by atoms with E-state index in [2.05, 4.69) is 50.3 Å². The molecule has 0 aliphatic heterocycles. The van der Waals surface area contributed by atoms with Crippen LogP contribution in [0.25, 0.3) is 0 Å². The van der Waals surface area contributed by atoms with E-state index in [1.54, 1.807) is 0 Å². The Morgan fingerprint density at radius 3 is 1.50 bits per heavy atom. The van der Waals surface area contributed by atoms with Crippen LogP contribution in [-0.2, 0) is 14.3 Å². The van der Waals surface area contributed by atoms with Crippen LogP contribution in [0.5, 0.6) is 0 Å². The highest BCUT2D eigenvalue weighted by Gasteiger charge is 2.13. The van der Waals surface area contributed by atoms with Crippen molar-refractivity contribution in [3.8, 4) is 0 Å². The van der Waals surface area contributed by atoms with Gasteiger partial charge in [0.05, 0.1) is 13.2 Å². The summed E-state index contributed by atoms with van der Waals surface area (Å²) in [6, 6.07) is 0. The van der Waals surface area contributed by atoms with Crippen molar-refractivity contribution in [2.45, 2.75) is 180 Å². The molecule has 0 rings (SSSR count). The molecule has 0 aliphatic carbocycles. The highest BCUT2D eigenvalue weighted by atomic mass is 16.6. The van der Waals surface area contributed by atoms with Gasteiger partial charge in [-0.05, 0) is 51.4 Å². The van der Waals surface area contributed by atoms with Gasteiger partial charge < -0.3 is 14.6 Å². The average molecular weight is 591 g/mol. The van der Waals surface area contributed by atoms with Crippen molar-refractivity contribution < 1.29 is 19.4 Å². The van der Waals surface area contributed by atoms with Crippen molar-refractivity contribution in [2.24, 2.45) is 0 Å². The number of allylic oxidation sites excluding steroid dienone is 6. The maximum atomic E-state index is 12.1. The van der Waals surface area contributed by atoms with Crippen LogP contribution in [0.2, 0.25) is 0 Å². The summed E-state index contributed by atoms with van der Waals surface area (Å²) < 4.78 is 11.1. The van der Waals surface area contributed by atoms with Gasteiger partial charge in [0, 0.05) is 13.0 Å². The molecule has 0 bridgehead atoms. The molecule has 0 saturated heterocycles. The molecule has 4 heteroatoms. The Bertz CT molecular complexity index is 625. The predicted octanol–water partition coefficient (Wildman–Crippen LogP) is 11.4. The Labute approximate surface area is 261 Å². The average Bonchev–Trinajstić information content (AvgIpc) is 3.00. The summed E-state index contributed by atoms with van der Waals surface area (Å²) in [5, 5.41) is 9.51. The lowest BCUT2D eigenvalue weighted by molar-refractivity contribution is -0.154. The van der Waals surface area contributed by atoms with Gasteiger partial charge in [-0.3, -0.25) is 4.79 Å². The maximum absolute atomic E-state index is 12.1. The van der Waals surface area contributed by atoms with Gasteiger partial charge in [0.25, 0.3) is 0 Å². The second-order valence-corrected chi connectivity index (χ2v) is 11.9. The molecule has 0 fully saturated rings. The number of hydrogen-bond donors (Lipinski definition) is 1. The Morgan fingerprint density at radius 2 is 1.00 bits per heavy atom. The van der Waals surface area contributed by atoms with E-state index in [-0.39, 0.29) is 12.6 Å². The summed E-state index contributed by atoms with van der Waals surface area (Å²) in [4.78, 5) is 12.1. The molecule has 0 aromatic heterocycles. The van der Waals surface area contributed by atoms with E-state index >= 15 is 0 Å². The normalized spacial score (nSPS) is 12.7. The zero-order valence-electron chi connectivity index (χ0n) is 28.0. The van der Waals surface area contributed by atoms with Crippen molar-refractivity contribution in [1.29, 1.82) is 0 Å². The molecule has 0 spiro atoms. The largest absolute Gasteiger partial charge is 0.457 e. The second-order valence-electron chi connectivity index (χ2n) is 11.9. The molecule has 0 amide bonds. The van der Waals surface area contributed by atoms with Crippen LogP contribution in [0.4, 0.5) is 0 Å². The zero-order chi connectivity index (χ0) is 30.6. The fourth-order valence-corrected chi connectivity index (χ4v) is 4.98. The Kier molecular flexibility index (Phi) is 34.6. The molecule has 0 radical (unpaired) electrons. The van der Waals surface area contributed by atoms with Crippen LogP contribution in [0.15, 0.2) is 36.5 Å². The van der Waals surface area contributed by atoms with Crippen LogP contribution in [0.3, 0.4) is 0 Å². The lowest BCUT2D eigenvalue weighted by Crippen LogP contribution is -2.27. The highest BCUT2D eigenvalue weighted by Crippen LogP contribution is 2.12. The first-order valence-corrected chi connectivity index (χ1v) is 18.1. The third-order valence-electron chi connectivity index (χ3n) is 7.72. The molecule has 42 heavy (non-hydrogen) atoms. The van der Waals surface area contributed by atoms with E-state index in [1.807, 2.05) is 0 Å². The number of ether oxygens (including phenoxy) is 2. The Morgan fingerprint density at radius 1 is 0.571 bits per heavy atom. The quantitative estimate of drug-likeness (QED) is 0.0469. The van der Waals surface area contributed by atoms with Gasteiger partial charge in [0.15, 0.2) is 0 Å². The van der Waals surface area contributed by atoms with Gasteiger partial charge in [0.2, 0.25) is 0 Å². The fourth-order valence-electron chi connectivity index (χ4n) is 4.98. The SMILES string of the molecule is CCCCCCC/C=C\C/C=C\C/C=C\CCCCCCCCC(=O)OC(CO)COCCCCCCCCCCC. The monoisotopic (exact) mass is 591 g/mol. The van der Waals surface area contributed by atoms with Crippen LogP contribution in [0, 0.1) is 0 Å². The molecule has 0 heterocycles. The van der Waals surface area contributed by atoms with Crippen LogP contribution < -0.4 is 0 Å². The third-order valence-corrected chi connectivity index (χ3v) is 7.72. The number of aliphatic hydroxyl groups excluding tert-OH is 1. The van der Waals surface area contributed by atoms with E-state index in [9.17, 15) is 9.90 Å². The minimum absolute atomic E-state index is 0.176. The van der Waals surface area contributed by atoms with Crippen LogP contribution in [-0.4, -0.2) is 37.0 Å². The second kappa shape index (κ2) is 35.8. The van der Waals surface area contributed by atoms with Gasteiger partial charge >= 0.3 is 5.97 Å². The molecule has 1 N–H and O–H groups in total. The predicted molar refractivity (Wildman–Crippen MR) is 182 cm³/mol. The van der Waals surface area contributed by atoms with Gasteiger partial charge in [-0.2, -0.15) is 0 Å². The Hall–Kier alpha value is -1.39. The summed E-state index contributed by atoms with van der Waals surface area (Å²) in [7, 11) is 0. The number of carbonyl (C=O) groups excluding carboxylic acids is 1. The minimum atomic E-state index is -0.536. The molecular weight excluding hydrogens is 520 g/mol. The molecule has 4 nitrogen and oxygen atoms in total. The van der Waals surface area contributed by atoms with Crippen molar-refractivity contribution in [3.63, 3.8) is 0 Å². The van der Waals surface area contributed by atoms with Gasteiger partial charge in [-0.25, -0.2) is 0 Å². The number of hydrogen-bond acceptors (Lipinski definition) is 4. The topological polar surface area (TPSA) is 55.8 Å². The lowest BCUT2D eigenvalue weighted by Gasteiger charge is -2.15. The number of unbranched alkanes of at least 4 members (excludes halogenated alkanes) is 19. The molecule has 0 saturated carbocycles. The van der Waals surface area contributed by atoms with E-state index in [0.717, 1.165) is 44.9 Å². The molecular formula is C38H70O4. The molecule has 246 valence electrons. The molecule has 1 unspecified atom stereocenters. The maximum Gasteiger partial charge on any atom is 0.306 e. The lowest BCUT2D eigenvalue weighted by atomic mass is 10.1. The van der Waals surface area contributed by atoms with Crippen molar-refractivity contribution in [1.82, 2.24) is 0 Å². The van der Waals surface area contributed by atoms with Crippen molar-refractivity contribution in [3.05, 3.63) is 36.5 Å². The van der Waals surface area contributed by atoms with Crippen LogP contribution in [0.1, 0.15) is 174 Å².